The number of carbonyl (C=O) groups is 1. The van der Waals surface area contributed by atoms with Crippen LogP contribution in [0.1, 0.15) is 25.7 Å². The molecule has 0 rings (SSSR count). The molecule has 0 radical (unpaired) electrons. The van der Waals surface area contributed by atoms with Gasteiger partial charge in [0.15, 0.2) is 0 Å². The summed E-state index contributed by atoms with van der Waals surface area (Å²) in [5.74, 6) is 1.51. The molecule has 0 heterocycles. The summed E-state index contributed by atoms with van der Waals surface area (Å²) in [4.78, 5) is 10.4. The zero-order valence-electron chi connectivity index (χ0n) is 9.98. The fraction of sp³-hybridized carbons (Fsp3) is 0.583. The Morgan fingerprint density at radius 3 is 2.59 bits per heavy atom. The molecular formula is C12H21N3O2. The van der Waals surface area contributed by atoms with E-state index in [1.165, 1.54) is 0 Å². The van der Waals surface area contributed by atoms with Gasteiger partial charge in [-0.05, 0) is 19.3 Å². The number of carboxylic acids is 1. The normalized spacial score (nSPS) is 13.5. The summed E-state index contributed by atoms with van der Waals surface area (Å²) in [5, 5.41) is 11.6. The summed E-state index contributed by atoms with van der Waals surface area (Å²) in [6.07, 6.45) is 7.63. The van der Waals surface area contributed by atoms with E-state index < -0.39 is 12.0 Å². The largest absolute Gasteiger partial charge is 0.480 e. The zero-order chi connectivity index (χ0) is 13.3. The van der Waals surface area contributed by atoms with Crippen LogP contribution in [0.5, 0.6) is 0 Å². The molecule has 0 aromatic heterocycles. The lowest BCUT2D eigenvalue weighted by Gasteiger charge is -2.14. The van der Waals surface area contributed by atoms with E-state index in [1.54, 1.807) is 0 Å². The Morgan fingerprint density at radius 1 is 1.41 bits per heavy atom. The summed E-state index contributed by atoms with van der Waals surface area (Å²) in [6, 6.07) is -1.01. The van der Waals surface area contributed by atoms with E-state index in [0.717, 1.165) is 12.8 Å². The molecule has 0 bridgehead atoms. The van der Waals surface area contributed by atoms with Gasteiger partial charge in [0.25, 0.3) is 0 Å². The second kappa shape index (κ2) is 8.62. The molecule has 0 fully saturated rings. The van der Waals surface area contributed by atoms with Crippen molar-refractivity contribution in [1.29, 1.82) is 0 Å². The van der Waals surface area contributed by atoms with Crippen LogP contribution in [0.25, 0.3) is 0 Å². The van der Waals surface area contributed by atoms with Crippen LogP contribution in [0, 0.1) is 12.3 Å². The molecule has 0 saturated carbocycles. The molecule has 0 amide bonds. The summed E-state index contributed by atoms with van der Waals surface area (Å²) in [6.45, 7) is 4.48. The maximum atomic E-state index is 10.4. The van der Waals surface area contributed by atoms with Crippen molar-refractivity contribution in [3.8, 4) is 12.3 Å². The monoisotopic (exact) mass is 239 g/mol. The highest BCUT2D eigenvalue weighted by Gasteiger charge is 2.10. The minimum atomic E-state index is -0.960. The van der Waals surface area contributed by atoms with Gasteiger partial charge >= 0.3 is 5.97 Å². The highest BCUT2D eigenvalue weighted by atomic mass is 16.4. The van der Waals surface area contributed by atoms with Crippen LogP contribution in [0.15, 0.2) is 12.3 Å². The fourth-order valence-electron chi connectivity index (χ4n) is 1.24. The summed E-state index contributed by atoms with van der Waals surface area (Å²) in [5.41, 5.74) is 11.8. The van der Waals surface area contributed by atoms with Gasteiger partial charge in [-0.15, -0.1) is 12.3 Å². The molecule has 0 aliphatic heterocycles. The van der Waals surface area contributed by atoms with Crippen molar-refractivity contribution in [3.63, 3.8) is 0 Å². The van der Waals surface area contributed by atoms with Gasteiger partial charge in [-0.25, -0.2) is 0 Å². The van der Waals surface area contributed by atoms with Crippen LogP contribution >= 0.6 is 0 Å². The van der Waals surface area contributed by atoms with Crippen molar-refractivity contribution in [1.82, 2.24) is 5.32 Å². The number of rotatable bonds is 9. The second-order valence-electron chi connectivity index (χ2n) is 3.91. The molecule has 17 heavy (non-hydrogen) atoms. The average Bonchev–Trinajstić information content (AvgIpc) is 2.28. The summed E-state index contributed by atoms with van der Waals surface area (Å²) >= 11 is 0. The second-order valence-corrected chi connectivity index (χ2v) is 3.91. The maximum absolute atomic E-state index is 10.4. The van der Waals surface area contributed by atoms with Gasteiger partial charge in [0.2, 0.25) is 0 Å². The molecular weight excluding hydrogens is 218 g/mol. The lowest BCUT2D eigenvalue weighted by Crippen LogP contribution is -2.32. The van der Waals surface area contributed by atoms with E-state index in [4.69, 9.17) is 23.0 Å². The van der Waals surface area contributed by atoms with Gasteiger partial charge in [0.1, 0.15) is 6.04 Å². The van der Waals surface area contributed by atoms with Crippen molar-refractivity contribution in [2.75, 3.05) is 6.54 Å². The first kappa shape index (κ1) is 15.5. The first-order chi connectivity index (χ1) is 7.99. The fourth-order valence-corrected chi connectivity index (χ4v) is 1.24. The zero-order valence-corrected chi connectivity index (χ0v) is 9.98. The lowest BCUT2D eigenvalue weighted by atomic mass is 10.1. The van der Waals surface area contributed by atoms with Crippen molar-refractivity contribution < 1.29 is 9.90 Å². The minimum Gasteiger partial charge on any atom is -0.480 e. The highest BCUT2D eigenvalue weighted by Crippen LogP contribution is 2.01. The quantitative estimate of drug-likeness (QED) is 0.336. The molecule has 0 unspecified atom stereocenters. The smallest absolute Gasteiger partial charge is 0.320 e. The molecule has 2 atom stereocenters. The van der Waals surface area contributed by atoms with E-state index in [-0.39, 0.29) is 6.04 Å². The molecule has 6 N–H and O–H groups in total. The van der Waals surface area contributed by atoms with E-state index in [1.807, 2.05) is 0 Å². The summed E-state index contributed by atoms with van der Waals surface area (Å²) < 4.78 is 0. The Kier molecular flexibility index (Phi) is 7.85. The Labute approximate surface area is 102 Å². The number of aliphatic carboxylic acids is 1. The van der Waals surface area contributed by atoms with Crippen LogP contribution < -0.4 is 16.8 Å². The molecule has 0 aliphatic carbocycles. The molecule has 0 aromatic carbocycles. The topological polar surface area (TPSA) is 101 Å². The van der Waals surface area contributed by atoms with Gasteiger partial charge in [-0.1, -0.05) is 6.58 Å². The third kappa shape index (κ3) is 7.39. The van der Waals surface area contributed by atoms with Gasteiger partial charge in [0.05, 0.1) is 6.04 Å². The van der Waals surface area contributed by atoms with Crippen molar-refractivity contribution >= 4 is 5.97 Å². The lowest BCUT2D eigenvalue weighted by molar-refractivity contribution is -0.138. The van der Waals surface area contributed by atoms with Gasteiger partial charge in [0, 0.05) is 18.7 Å². The average molecular weight is 239 g/mol. The Hall–Kier alpha value is -1.51. The standard InChI is InChI=1S/C12H21N3O2/c1-3-6-10(13)9(2)15-8-5-4-7-11(14)12(16)17/h1,10-11,15H,2,4-8,13-14H2,(H,16,17)/t10-,11-/m0/s1. The molecule has 0 spiro atoms. The number of carboxylic acid groups (broad SMARTS) is 1. The third-order valence-corrected chi connectivity index (χ3v) is 2.40. The van der Waals surface area contributed by atoms with Gasteiger partial charge in [-0.2, -0.15) is 0 Å². The SMILES string of the molecule is C#CC[C@H](N)C(=C)NCCCC[C@H](N)C(=O)O. The molecule has 0 aromatic rings. The number of hydrogen-bond donors (Lipinski definition) is 4. The molecule has 96 valence electrons. The minimum absolute atomic E-state index is 0.235. The predicted molar refractivity (Wildman–Crippen MR) is 68.0 cm³/mol. The number of terminal acetylenes is 1. The predicted octanol–water partition coefficient (Wildman–Crippen LogP) is 0.0225. The van der Waals surface area contributed by atoms with E-state index in [9.17, 15) is 4.79 Å². The first-order valence-electron chi connectivity index (χ1n) is 5.59. The van der Waals surface area contributed by atoms with Crippen LogP contribution in [-0.4, -0.2) is 29.7 Å². The number of unbranched alkanes of at least 4 members (excludes halogenated alkanes) is 1. The maximum Gasteiger partial charge on any atom is 0.320 e. The summed E-state index contributed by atoms with van der Waals surface area (Å²) in [7, 11) is 0. The molecule has 5 nitrogen and oxygen atoms in total. The molecule has 0 saturated heterocycles. The van der Waals surface area contributed by atoms with E-state index >= 15 is 0 Å². The molecule has 0 aliphatic rings. The number of nitrogens with one attached hydrogen (secondary N) is 1. The third-order valence-electron chi connectivity index (χ3n) is 2.40. The Bertz CT molecular complexity index is 297. The Balaban J connectivity index is 3.55. The van der Waals surface area contributed by atoms with Crippen molar-refractivity contribution in [3.05, 3.63) is 12.3 Å². The van der Waals surface area contributed by atoms with Crippen LogP contribution in [0.3, 0.4) is 0 Å². The first-order valence-corrected chi connectivity index (χ1v) is 5.59. The Morgan fingerprint density at radius 2 is 2.06 bits per heavy atom. The van der Waals surface area contributed by atoms with Gasteiger partial charge in [-0.3, -0.25) is 4.79 Å². The van der Waals surface area contributed by atoms with Crippen molar-refractivity contribution in [2.45, 2.75) is 37.8 Å². The van der Waals surface area contributed by atoms with E-state index in [0.29, 0.717) is 25.1 Å². The van der Waals surface area contributed by atoms with Crippen LogP contribution in [0.4, 0.5) is 0 Å². The molecule has 5 heteroatoms. The van der Waals surface area contributed by atoms with E-state index in [2.05, 4.69) is 17.8 Å². The highest BCUT2D eigenvalue weighted by molar-refractivity contribution is 5.72. The van der Waals surface area contributed by atoms with Crippen LogP contribution in [-0.2, 0) is 4.79 Å². The van der Waals surface area contributed by atoms with Gasteiger partial charge < -0.3 is 21.9 Å². The number of nitrogens with two attached hydrogens (primary N) is 2. The number of hydrogen-bond acceptors (Lipinski definition) is 4. The van der Waals surface area contributed by atoms with Crippen LogP contribution in [0.2, 0.25) is 0 Å². The van der Waals surface area contributed by atoms with Crippen molar-refractivity contribution in [2.24, 2.45) is 11.5 Å².